The smallest absolute Gasteiger partial charge is 0.504 e. The van der Waals surface area contributed by atoms with E-state index in [1.54, 1.807) is 4.98 Å². The van der Waals surface area contributed by atoms with Gasteiger partial charge in [-0.15, -0.1) is 13.2 Å². The Bertz CT molecular complexity index is 472. The molecule has 80 valence electrons. The number of nitriles is 1. The fourth-order valence-corrected chi connectivity index (χ4v) is 0.808. The zero-order chi connectivity index (χ0) is 11.6. The number of H-pyrrole nitrogens is 1. The number of hydrogen-bond acceptors (Lipinski definition) is 4. The second-order valence-corrected chi connectivity index (χ2v) is 2.39. The van der Waals surface area contributed by atoms with E-state index >= 15 is 0 Å². The van der Waals surface area contributed by atoms with Crippen LogP contribution in [0.2, 0.25) is 0 Å². The number of ether oxygens (including phenoxy) is 1. The van der Waals surface area contributed by atoms with Crippen molar-refractivity contribution in [2.45, 2.75) is 6.36 Å². The summed E-state index contributed by atoms with van der Waals surface area (Å²) in [7, 11) is 0. The molecule has 0 saturated carbocycles. The van der Waals surface area contributed by atoms with E-state index in [2.05, 4.69) is 4.74 Å². The number of aromatic hydroxyl groups is 1. The van der Waals surface area contributed by atoms with E-state index in [0.29, 0.717) is 6.07 Å². The predicted octanol–water partition coefficient (Wildman–Crippen LogP) is 0.851. The SMILES string of the molecule is N#Cc1cc(O)c(OC(F)(F)F)c(=O)[nH]1. The Balaban J connectivity index is 3.22. The maximum atomic E-state index is 11.7. The van der Waals surface area contributed by atoms with E-state index in [9.17, 15) is 18.0 Å². The van der Waals surface area contributed by atoms with Gasteiger partial charge in [-0.3, -0.25) is 4.79 Å². The van der Waals surface area contributed by atoms with Gasteiger partial charge in [0, 0.05) is 6.07 Å². The average Bonchev–Trinajstić information content (AvgIpc) is 2.09. The summed E-state index contributed by atoms with van der Waals surface area (Å²) in [6.07, 6.45) is -5.08. The molecule has 8 heteroatoms. The van der Waals surface area contributed by atoms with E-state index in [1.807, 2.05) is 0 Å². The van der Waals surface area contributed by atoms with Crippen molar-refractivity contribution in [1.29, 1.82) is 5.26 Å². The molecule has 1 aromatic heterocycles. The first-order chi connectivity index (χ1) is 6.83. The minimum Gasteiger partial charge on any atom is -0.504 e. The van der Waals surface area contributed by atoms with Gasteiger partial charge in [-0.1, -0.05) is 0 Å². The Morgan fingerprint density at radius 2 is 2.13 bits per heavy atom. The van der Waals surface area contributed by atoms with Crippen molar-refractivity contribution in [1.82, 2.24) is 4.98 Å². The molecule has 0 aliphatic carbocycles. The molecule has 2 N–H and O–H groups in total. The molecule has 0 atom stereocenters. The molecule has 0 unspecified atom stereocenters. The largest absolute Gasteiger partial charge is 0.573 e. The van der Waals surface area contributed by atoms with Gasteiger partial charge in [-0.05, 0) is 0 Å². The highest BCUT2D eigenvalue weighted by molar-refractivity contribution is 5.40. The third-order valence-electron chi connectivity index (χ3n) is 1.31. The molecule has 15 heavy (non-hydrogen) atoms. The number of rotatable bonds is 1. The highest BCUT2D eigenvalue weighted by Crippen LogP contribution is 2.27. The van der Waals surface area contributed by atoms with E-state index in [1.165, 1.54) is 6.07 Å². The molecule has 0 aliphatic rings. The van der Waals surface area contributed by atoms with Crippen LogP contribution in [0.25, 0.3) is 0 Å². The lowest BCUT2D eigenvalue weighted by atomic mass is 10.3. The molecule has 0 saturated heterocycles. The van der Waals surface area contributed by atoms with Crippen LogP contribution in [0.15, 0.2) is 10.9 Å². The Hall–Kier alpha value is -2.17. The maximum absolute atomic E-state index is 11.7. The Morgan fingerprint density at radius 3 is 2.53 bits per heavy atom. The summed E-state index contributed by atoms with van der Waals surface area (Å²) >= 11 is 0. The first-order valence-electron chi connectivity index (χ1n) is 3.45. The van der Waals surface area contributed by atoms with Crippen molar-refractivity contribution in [3.63, 3.8) is 0 Å². The molecular formula is C7H3F3N2O3. The summed E-state index contributed by atoms with van der Waals surface area (Å²) in [6, 6.07) is 2.10. The number of alkyl halides is 3. The quantitative estimate of drug-likeness (QED) is 0.734. The van der Waals surface area contributed by atoms with Gasteiger partial charge in [-0.25, -0.2) is 0 Å². The van der Waals surface area contributed by atoms with Gasteiger partial charge in [0.25, 0.3) is 5.56 Å². The van der Waals surface area contributed by atoms with Gasteiger partial charge in [0.2, 0.25) is 5.75 Å². The fourth-order valence-electron chi connectivity index (χ4n) is 0.808. The molecular weight excluding hydrogens is 217 g/mol. The number of pyridine rings is 1. The van der Waals surface area contributed by atoms with E-state index in [0.717, 1.165) is 0 Å². The zero-order valence-electron chi connectivity index (χ0n) is 6.92. The van der Waals surface area contributed by atoms with Crippen LogP contribution in [0, 0.1) is 11.3 Å². The van der Waals surface area contributed by atoms with Crippen LogP contribution in [-0.4, -0.2) is 16.5 Å². The van der Waals surface area contributed by atoms with Crippen molar-refractivity contribution in [3.05, 3.63) is 22.1 Å². The molecule has 0 radical (unpaired) electrons. The summed E-state index contributed by atoms with van der Waals surface area (Å²) in [5.41, 5.74) is -1.70. The van der Waals surface area contributed by atoms with Crippen molar-refractivity contribution >= 4 is 0 Å². The summed E-state index contributed by atoms with van der Waals surface area (Å²) in [5.74, 6) is -2.34. The topological polar surface area (TPSA) is 86.1 Å². The number of nitrogens with one attached hydrogen (secondary N) is 1. The van der Waals surface area contributed by atoms with Crippen LogP contribution in [0.4, 0.5) is 13.2 Å². The summed E-state index contributed by atoms with van der Waals surface area (Å²) in [6.45, 7) is 0. The van der Waals surface area contributed by atoms with Gasteiger partial charge >= 0.3 is 6.36 Å². The molecule has 1 rings (SSSR count). The van der Waals surface area contributed by atoms with Gasteiger partial charge in [0.15, 0.2) is 5.75 Å². The van der Waals surface area contributed by atoms with Gasteiger partial charge in [0.1, 0.15) is 11.8 Å². The predicted molar refractivity (Wildman–Crippen MR) is 40.1 cm³/mol. The Morgan fingerprint density at radius 1 is 1.53 bits per heavy atom. The average molecular weight is 220 g/mol. The summed E-state index contributed by atoms with van der Waals surface area (Å²) < 4.78 is 38.5. The molecule has 0 aromatic carbocycles. The van der Waals surface area contributed by atoms with Crippen molar-refractivity contribution in [2.75, 3.05) is 0 Å². The van der Waals surface area contributed by atoms with Crippen molar-refractivity contribution < 1.29 is 23.0 Å². The summed E-state index contributed by atoms with van der Waals surface area (Å²) in [4.78, 5) is 12.7. The highest BCUT2D eigenvalue weighted by atomic mass is 19.4. The molecule has 5 nitrogen and oxygen atoms in total. The van der Waals surface area contributed by atoms with E-state index in [4.69, 9.17) is 10.4 Å². The second kappa shape index (κ2) is 3.53. The monoisotopic (exact) mass is 220 g/mol. The fraction of sp³-hybridized carbons (Fsp3) is 0.143. The van der Waals surface area contributed by atoms with Crippen LogP contribution in [0.5, 0.6) is 11.5 Å². The van der Waals surface area contributed by atoms with Gasteiger partial charge < -0.3 is 14.8 Å². The molecule has 0 aliphatic heterocycles. The molecule has 0 bridgehead atoms. The lowest BCUT2D eigenvalue weighted by Crippen LogP contribution is -2.23. The van der Waals surface area contributed by atoms with Crippen LogP contribution >= 0.6 is 0 Å². The third kappa shape index (κ3) is 2.63. The molecule has 0 spiro atoms. The van der Waals surface area contributed by atoms with Crippen LogP contribution in [0.3, 0.4) is 0 Å². The number of hydrogen-bond donors (Lipinski definition) is 2. The molecule has 0 amide bonds. The third-order valence-corrected chi connectivity index (χ3v) is 1.31. The minimum absolute atomic E-state index is 0.368. The number of nitrogens with zero attached hydrogens (tertiary/aromatic N) is 1. The van der Waals surface area contributed by atoms with Crippen LogP contribution in [0.1, 0.15) is 5.69 Å². The highest BCUT2D eigenvalue weighted by Gasteiger charge is 2.33. The lowest BCUT2D eigenvalue weighted by Gasteiger charge is -2.08. The first kappa shape index (κ1) is 10.9. The van der Waals surface area contributed by atoms with Crippen LogP contribution in [-0.2, 0) is 0 Å². The molecule has 1 heterocycles. The van der Waals surface area contributed by atoms with Crippen molar-refractivity contribution in [2.24, 2.45) is 0 Å². The minimum atomic E-state index is -5.08. The zero-order valence-corrected chi connectivity index (χ0v) is 6.92. The molecule has 0 fully saturated rings. The summed E-state index contributed by atoms with van der Waals surface area (Å²) in [5, 5.41) is 17.3. The lowest BCUT2D eigenvalue weighted by molar-refractivity contribution is -0.275. The van der Waals surface area contributed by atoms with Crippen molar-refractivity contribution in [3.8, 4) is 17.6 Å². The van der Waals surface area contributed by atoms with Crippen LogP contribution < -0.4 is 10.3 Å². The standard InChI is InChI=1S/C7H3F3N2O3/c8-7(9,10)15-5-4(13)1-3(2-11)12-6(5)14/h1H,(H2,12,13,14). The Kier molecular flexibility index (Phi) is 2.57. The normalized spacial score (nSPS) is 10.8. The number of aromatic amines is 1. The Labute approximate surface area is 80.3 Å². The maximum Gasteiger partial charge on any atom is 0.573 e. The second-order valence-electron chi connectivity index (χ2n) is 2.39. The van der Waals surface area contributed by atoms with E-state index < -0.39 is 23.4 Å². The number of aromatic nitrogens is 1. The van der Waals surface area contributed by atoms with E-state index in [-0.39, 0.29) is 5.69 Å². The molecule has 1 aromatic rings. The van der Waals surface area contributed by atoms with Gasteiger partial charge in [0.05, 0.1) is 0 Å². The first-order valence-corrected chi connectivity index (χ1v) is 3.45. The number of halogens is 3. The van der Waals surface area contributed by atoms with Gasteiger partial charge in [-0.2, -0.15) is 5.26 Å².